The highest BCUT2D eigenvalue weighted by Crippen LogP contribution is 2.26. The number of anilines is 1. The summed E-state index contributed by atoms with van der Waals surface area (Å²) >= 11 is 0. The van der Waals surface area contributed by atoms with Crippen molar-refractivity contribution in [2.75, 3.05) is 5.32 Å². The van der Waals surface area contributed by atoms with Crippen LogP contribution in [0.3, 0.4) is 0 Å². The minimum atomic E-state index is -0.777. The van der Waals surface area contributed by atoms with Crippen molar-refractivity contribution < 1.29 is 14.4 Å². The van der Waals surface area contributed by atoms with Crippen molar-refractivity contribution in [3.05, 3.63) is 24.5 Å². The molecular weight excluding hydrogens is 296 g/mol. The Morgan fingerprint density at radius 3 is 2.78 bits per heavy atom. The van der Waals surface area contributed by atoms with Gasteiger partial charge in [0.1, 0.15) is 6.04 Å². The smallest absolute Gasteiger partial charge is 0.325 e. The minimum Gasteiger partial charge on any atom is -0.325 e. The fourth-order valence-corrected chi connectivity index (χ4v) is 3.21. The van der Waals surface area contributed by atoms with Crippen molar-refractivity contribution in [2.45, 2.75) is 50.6 Å². The van der Waals surface area contributed by atoms with Gasteiger partial charge in [0.2, 0.25) is 5.91 Å². The van der Waals surface area contributed by atoms with Crippen LogP contribution in [0.5, 0.6) is 0 Å². The molecule has 1 aromatic heterocycles. The van der Waals surface area contributed by atoms with Crippen LogP contribution in [0, 0.1) is 0 Å². The molecule has 1 atom stereocenters. The lowest BCUT2D eigenvalue weighted by Crippen LogP contribution is -2.42. The lowest BCUT2D eigenvalue weighted by atomic mass is 9.94. The molecule has 2 aliphatic rings. The molecule has 2 fully saturated rings. The third-order valence-electron chi connectivity index (χ3n) is 4.33. The highest BCUT2D eigenvalue weighted by atomic mass is 16.2. The Balaban J connectivity index is 1.59. The number of aromatic nitrogens is 1. The normalized spacial score (nSPS) is 22.1. The number of urea groups is 1. The Morgan fingerprint density at radius 1 is 1.30 bits per heavy atom. The largest absolute Gasteiger partial charge is 0.325 e. The summed E-state index contributed by atoms with van der Waals surface area (Å²) in [5.74, 6) is -0.606. The van der Waals surface area contributed by atoms with Crippen LogP contribution in [0.2, 0.25) is 0 Å². The van der Waals surface area contributed by atoms with Crippen LogP contribution < -0.4 is 10.6 Å². The van der Waals surface area contributed by atoms with E-state index in [0.717, 1.165) is 32.1 Å². The molecule has 122 valence electrons. The predicted molar refractivity (Wildman–Crippen MR) is 83.5 cm³/mol. The summed E-state index contributed by atoms with van der Waals surface area (Å²) in [4.78, 5) is 41.8. The number of rotatable bonds is 4. The maximum atomic E-state index is 12.5. The highest BCUT2D eigenvalue weighted by molar-refractivity contribution is 6.07. The molecule has 7 heteroatoms. The number of carbonyl (C=O) groups is 3. The Morgan fingerprint density at radius 2 is 2.09 bits per heavy atom. The van der Waals surface area contributed by atoms with E-state index in [0.29, 0.717) is 5.69 Å². The Hall–Kier alpha value is -2.44. The van der Waals surface area contributed by atoms with E-state index in [2.05, 4.69) is 15.6 Å². The molecule has 1 unspecified atom stereocenters. The third kappa shape index (κ3) is 3.49. The molecule has 1 aromatic rings. The first-order chi connectivity index (χ1) is 11.1. The van der Waals surface area contributed by atoms with Crippen LogP contribution in [0.15, 0.2) is 24.5 Å². The summed E-state index contributed by atoms with van der Waals surface area (Å²) in [5, 5.41) is 5.30. The topological polar surface area (TPSA) is 91.4 Å². The van der Waals surface area contributed by atoms with Gasteiger partial charge in [-0.1, -0.05) is 19.3 Å². The molecule has 2 N–H and O–H groups in total. The number of nitrogens with one attached hydrogen (secondary N) is 2. The summed E-state index contributed by atoms with van der Waals surface area (Å²) in [6.45, 7) is 0. The second kappa shape index (κ2) is 6.76. The quantitative estimate of drug-likeness (QED) is 0.827. The molecule has 1 saturated heterocycles. The van der Waals surface area contributed by atoms with E-state index in [1.54, 1.807) is 18.3 Å². The zero-order valence-electron chi connectivity index (χ0n) is 12.8. The average molecular weight is 316 g/mol. The van der Waals surface area contributed by atoms with E-state index >= 15 is 0 Å². The summed E-state index contributed by atoms with van der Waals surface area (Å²) in [6, 6.07) is 2.25. The van der Waals surface area contributed by atoms with Gasteiger partial charge in [-0.25, -0.2) is 4.79 Å². The summed E-state index contributed by atoms with van der Waals surface area (Å²) in [5.41, 5.74) is 0.568. The SMILES string of the molecule is O=C(CC1NC(=O)N(C2CCCCC2)C1=O)Nc1cccnc1. The van der Waals surface area contributed by atoms with Gasteiger partial charge >= 0.3 is 6.03 Å². The first-order valence-electron chi connectivity index (χ1n) is 7.98. The van der Waals surface area contributed by atoms with Crippen molar-refractivity contribution in [2.24, 2.45) is 0 Å². The molecule has 0 bridgehead atoms. The van der Waals surface area contributed by atoms with Crippen LogP contribution in [-0.2, 0) is 9.59 Å². The second-order valence-corrected chi connectivity index (χ2v) is 6.00. The maximum Gasteiger partial charge on any atom is 0.325 e. The van der Waals surface area contributed by atoms with Crippen molar-refractivity contribution in [1.82, 2.24) is 15.2 Å². The van der Waals surface area contributed by atoms with Gasteiger partial charge in [-0.15, -0.1) is 0 Å². The molecular formula is C16H20N4O3. The van der Waals surface area contributed by atoms with Crippen LogP contribution in [0.1, 0.15) is 38.5 Å². The molecule has 2 heterocycles. The Kier molecular flexibility index (Phi) is 4.55. The zero-order valence-corrected chi connectivity index (χ0v) is 12.8. The average Bonchev–Trinajstić information content (AvgIpc) is 2.83. The number of imide groups is 1. The Bertz CT molecular complexity index is 599. The van der Waals surface area contributed by atoms with Crippen LogP contribution in [-0.4, -0.2) is 39.8 Å². The van der Waals surface area contributed by atoms with Gasteiger partial charge in [-0.2, -0.15) is 0 Å². The number of pyridine rings is 1. The molecule has 1 saturated carbocycles. The van der Waals surface area contributed by atoms with Gasteiger partial charge in [0, 0.05) is 12.2 Å². The summed E-state index contributed by atoms with van der Waals surface area (Å²) in [7, 11) is 0. The summed E-state index contributed by atoms with van der Waals surface area (Å²) < 4.78 is 0. The minimum absolute atomic E-state index is 0.0253. The van der Waals surface area contributed by atoms with Crippen molar-refractivity contribution in [3.8, 4) is 0 Å². The summed E-state index contributed by atoms with van der Waals surface area (Å²) in [6.07, 6.45) is 8.00. The maximum absolute atomic E-state index is 12.5. The molecule has 23 heavy (non-hydrogen) atoms. The molecule has 1 aliphatic heterocycles. The first-order valence-corrected chi connectivity index (χ1v) is 7.98. The monoisotopic (exact) mass is 316 g/mol. The molecule has 1 aliphatic carbocycles. The van der Waals surface area contributed by atoms with E-state index in [1.807, 2.05) is 0 Å². The van der Waals surface area contributed by atoms with E-state index < -0.39 is 6.04 Å². The van der Waals surface area contributed by atoms with Gasteiger partial charge in [0.25, 0.3) is 5.91 Å². The van der Waals surface area contributed by atoms with E-state index in [1.165, 1.54) is 11.1 Å². The van der Waals surface area contributed by atoms with Gasteiger partial charge in [0.15, 0.2) is 0 Å². The molecule has 7 nitrogen and oxygen atoms in total. The van der Waals surface area contributed by atoms with Gasteiger partial charge < -0.3 is 10.6 Å². The lowest BCUT2D eigenvalue weighted by molar-refractivity contribution is -0.131. The molecule has 0 aromatic carbocycles. The number of nitrogens with zero attached hydrogens (tertiary/aromatic N) is 2. The number of amides is 4. The van der Waals surface area contributed by atoms with Gasteiger partial charge in [-0.3, -0.25) is 19.5 Å². The van der Waals surface area contributed by atoms with Gasteiger partial charge in [-0.05, 0) is 25.0 Å². The number of carbonyl (C=O) groups excluding carboxylic acids is 3. The molecule has 4 amide bonds. The second-order valence-electron chi connectivity index (χ2n) is 6.00. The standard InChI is InChI=1S/C16H20N4O3/c21-14(18-11-5-4-8-17-10-11)9-13-15(22)20(16(23)19-13)12-6-2-1-3-7-12/h4-5,8,10,12-13H,1-3,6-7,9H2,(H,18,21)(H,19,23). The van der Waals surface area contributed by atoms with Crippen LogP contribution in [0.4, 0.5) is 10.5 Å². The van der Waals surface area contributed by atoms with Crippen LogP contribution in [0.25, 0.3) is 0 Å². The number of hydrogen-bond acceptors (Lipinski definition) is 4. The molecule has 0 spiro atoms. The Labute approximate surface area is 134 Å². The number of hydrogen-bond donors (Lipinski definition) is 2. The van der Waals surface area contributed by atoms with Crippen molar-refractivity contribution in [1.29, 1.82) is 0 Å². The highest BCUT2D eigenvalue weighted by Gasteiger charge is 2.42. The third-order valence-corrected chi connectivity index (χ3v) is 4.33. The van der Waals surface area contributed by atoms with Gasteiger partial charge in [0.05, 0.1) is 18.3 Å². The lowest BCUT2D eigenvalue weighted by Gasteiger charge is -2.28. The molecule has 3 rings (SSSR count). The first kappa shape index (κ1) is 15.5. The van der Waals surface area contributed by atoms with E-state index in [-0.39, 0.29) is 30.3 Å². The predicted octanol–water partition coefficient (Wildman–Crippen LogP) is 1.66. The van der Waals surface area contributed by atoms with Crippen LogP contribution >= 0.6 is 0 Å². The van der Waals surface area contributed by atoms with E-state index in [9.17, 15) is 14.4 Å². The van der Waals surface area contributed by atoms with Crippen molar-refractivity contribution in [3.63, 3.8) is 0 Å². The fraction of sp³-hybridized carbons (Fsp3) is 0.500. The van der Waals surface area contributed by atoms with E-state index in [4.69, 9.17) is 0 Å². The fourth-order valence-electron chi connectivity index (χ4n) is 3.21. The van der Waals surface area contributed by atoms with Crippen molar-refractivity contribution >= 4 is 23.5 Å². The molecule has 0 radical (unpaired) electrons. The zero-order chi connectivity index (χ0) is 16.2.